The number of hydrogen-bond acceptors (Lipinski definition) is 4. The first-order valence-corrected chi connectivity index (χ1v) is 12.8. The zero-order valence-electron chi connectivity index (χ0n) is 20.4. The number of pyridine rings is 1. The topological polar surface area (TPSA) is 47.9 Å². The van der Waals surface area contributed by atoms with Crippen molar-refractivity contribution in [2.24, 2.45) is 0 Å². The van der Waals surface area contributed by atoms with Crippen molar-refractivity contribution in [2.45, 2.75) is 84.5 Å². The fourth-order valence-corrected chi connectivity index (χ4v) is 3.90. The Bertz CT molecular complexity index is 905. The van der Waals surface area contributed by atoms with E-state index in [-0.39, 0.29) is 0 Å². The number of nitrogens with zero attached hydrogens (tertiary/aromatic N) is 3. The number of aromatic nitrogens is 3. The first-order valence-electron chi connectivity index (χ1n) is 12.8. The van der Waals surface area contributed by atoms with E-state index < -0.39 is 0 Å². The normalized spacial score (nSPS) is 11.0. The molecule has 0 fully saturated rings. The predicted molar refractivity (Wildman–Crippen MR) is 137 cm³/mol. The monoisotopic (exact) mass is 445 g/mol. The average molecular weight is 446 g/mol. The quantitative estimate of drug-likeness (QED) is 0.222. The van der Waals surface area contributed by atoms with Gasteiger partial charge in [0.05, 0.1) is 12.8 Å². The number of rotatable bonds is 15. The van der Waals surface area contributed by atoms with Crippen LogP contribution < -0.4 is 4.74 Å². The average Bonchev–Trinajstić information content (AvgIpc) is 2.87. The highest BCUT2D eigenvalue weighted by Crippen LogP contribution is 2.22. The van der Waals surface area contributed by atoms with Crippen molar-refractivity contribution in [3.8, 4) is 28.4 Å². The Morgan fingerprint density at radius 3 is 1.94 bits per heavy atom. The van der Waals surface area contributed by atoms with Crippen LogP contribution in [-0.4, -0.2) is 21.6 Å². The van der Waals surface area contributed by atoms with Gasteiger partial charge in [-0.1, -0.05) is 89.5 Å². The molecule has 2 aromatic heterocycles. The molecule has 176 valence electrons. The van der Waals surface area contributed by atoms with Crippen LogP contribution in [0.5, 0.6) is 5.75 Å². The maximum absolute atomic E-state index is 5.82. The summed E-state index contributed by atoms with van der Waals surface area (Å²) in [4.78, 5) is 13.6. The summed E-state index contributed by atoms with van der Waals surface area (Å²) in [7, 11) is 0. The molecule has 0 spiro atoms. The first kappa shape index (κ1) is 24.9. The smallest absolute Gasteiger partial charge is 0.178 e. The Morgan fingerprint density at radius 2 is 1.27 bits per heavy atom. The van der Waals surface area contributed by atoms with Crippen molar-refractivity contribution < 1.29 is 4.74 Å². The molecule has 0 saturated heterocycles. The lowest BCUT2D eigenvalue weighted by Gasteiger charge is -2.07. The lowest BCUT2D eigenvalue weighted by atomic mass is 10.0. The van der Waals surface area contributed by atoms with Gasteiger partial charge in [0.1, 0.15) is 11.4 Å². The van der Waals surface area contributed by atoms with Crippen LogP contribution in [0.25, 0.3) is 22.6 Å². The highest BCUT2D eigenvalue weighted by molar-refractivity contribution is 5.63. The lowest BCUT2D eigenvalue weighted by molar-refractivity contribution is 0.303. The molecule has 0 aliphatic carbocycles. The van der Waals surface area contributed by atoms with Crippen molar-refractivity contribution in [1.29, 1.82) is 0 Å². The highest BCUT2D eigenvalue weighted by Gasteiger charge is 2.06. The molecule has 0 amide bonds. The molecule has 1 aromatic carbocycles. The fourth-order valence-electron chi connectivity index (χ4n) is 3.90. The number of unbranched alkanes of at least 4 members (excludes halogenated alkanes) is 8. The summed E-state index contributed by atoms with van der Waals surface area (Å²) in [5, 5.41) is 0. The summed E-state index contributed by atoms with van der Waals surface area (Å²) in [5.74, 6) is 1.44. The van der Waals surface area contributed by atoms with Crippen LogP contribution in [0.3, 0.4) is 0 Å². The van der Waals surface area contributed by atoms with Crippen LogP contribution in [0.1, 0.15) is 83.6 Å². The number of ether oxygens (including phenoxy) is 1. The second kappa shape index (κ2) is 14.4. The molecule has 2 heterocycles. The van der Waals surface area contributed by atoms with Gasteiger partial charge in [-0.2, -0.15) is 0 Å². The molecular weight excluding hydrogens is 406 g/mol. The molecule has 0 aliphatic heterocycles. The van der Waals surface area contributed by atoms with Crippen molar-refractivity contribution >= 4 is 0 Å². The summed E-state index contributed by atoms with van der Waals surface area (Å²) in [6, 6.07) is 12.7. The van der Waals surface area contributed by atoms with Crippen molar-refractivity contribution in [2.75, 3.05) is 6.61 Å². The summed E-state index contributed by atoms with van der Waals surface area (Å²) in [6.45, 7) is 5.24. The highest BCUT2D eigenvalue weighted by atomic mass is 16.5. The minimum Gasteiger partial charge on any atom is -0.492 e. The van der Waals surface area contributed by atoms with Crippen LogP contribution in [0.15, 0.2) is 55.0 Å². The Hall–Kier alpha value is -2.75. The second-order valence-corrected chi connectivity index (χ2v) is 8.80. The molecular formula is C29H39N3O. The van der Waals surface area contributed by atoms with Crippen LogP contribution in [-0.2, 0) is 6.42 Å². The Morgan fingerprint density at radius 1 is 0.606 bits per heavy atom. The Labute approximate surface area is 199 Å². The Balaban J connectivity index is 1.47. The molecule has 3 rings (SSSR count). The van der Waals surface area contributed by atoms with Gasteiger partial charge in [-0.25, -0.2) is 15.0 Å². The third kappa shape index (κ3) is 8.60. The molecule has 4 heteroatoms. The van der Waals surface area contributed by atoms with Gasteiger partial charge in [0.15, 0.2) is 5.82 Å². The van der Waals surface area contributed by atoms with E-state index in [1.54, 1.807) is 6.20 Å². The van der Waals surface area contributed by atoms with Crippen LogP contribution in [0, 0.1) is 0 Å². The third-order valence-electron chi connectivity index (χ3n) is 5.99. The van der Waals surface area contributed by atoms with Gasteiger partial charge in [-0.15, -0.1) is 0 Å². The van der Waals surface area contributed by atoms with E-state index in [0.29, 0.717) is 5.82 Å². The van der Waals surface area contributed by atoms with Crippen LogP contribution in [0.2, 0.25) is 0 Å². The molecule has 0 radical (unpaired) electrons. The molecule has 0 unspecified atom stereocenters. The first-order chi connectivity index (χ1) is 16.3. The molecule has 0 N–H and O–H groups in total. The van der Waals surface area contributed by atoms with Gasteiger partial charge in [0.2, 0.25) is 0 Å². The van der Waals surface area contributed by atoms with Crippen LogP contribution >= 0.6 is 0 Å². The van der Waals surface area contributed by atoms with Gasteiger partial charge in [0, 0.05) is 18.0 Å². The maximum atomic E-state index is 5.82. The SMILES string of the molecule is CCCCCCCCOc1ccc(-c2ncc(-c3ccc(CCCCCC)cc3)cn2)nc1. The maximum Gasteiger partial charge on any atom is 0.178 e. The molecule has 0 aliphatic rings. The van der Waals surface area contributed by atoms with E-state index in [1.165, 1.54) is 63.4 Å². The number of aryl methyl sites for hydroxylation is 1. The summed E-state index contributed by atoms with van der Waals surface area (Å²) in [6.07, 6.45) is 19.4. The zero-order chi connectivity index (χ0) is 23.1. The van der Waals surface area contributed by atoms with Crippen molar-refractivity contribution in [3.05, 3.63) is 60.6 Å². The van der Waals surface area contributed by atoms with E-state index in [4.69, 9.17) is 4.74 Å². The summed E-state index contributed by atoms with van der Waals surface area (Å²) >= 11 is 0. The van der Waals surface area contributed by atoms with Gasteiger partial charge in [-0.3, -0.25) is 0 Å². The van der Waals surface area contributed by atoms with E-state index >= 15 is 0 Å². The minimum absolute atomic E-state index is 0.633. The van der Waals surface area contributed by atoms with E-state index in [2.05, 4.69) is 53.1 Å². The molecule has 33 heavy (non-hydrogen) atoms. The molecule has 0 bridgehead atoms. The third-order valence-corrected chi connectivity index (χ3v) is 5.99. The minimum atomic E-state index is 0.633. The predicted octanol–water partition coefficient (Wildman–Crippen LogP) is 8.07. The van der Waals surface area contributed by atoms with E-state index in [9.17, 15) is 0 Å². The fraction of sp³-hybridized carbons (Fsp3) is 0.483. The number of hydrogen-bond donors (Lipinski definition) is 0. The molecule has 4 nitrogen and oxygen atoms in total. The van der Waals surface area contributed by atoms with Gasteiger partial charge >= 0.3 is 0 Å². The van der Waals surface area contributed by atoms with Crippen molar-refractivity contribution in [1.82, 2.24) is 15.0 Å². The van der Waals surface area contributed by atoms with Gasteiger partial charge in [0.25, 0.3) is 0 Å². The van der Waals surface area contributed by atoms with Crippen LogP contribution in [0.4, 0.5) is 0 Å². The lowest BCUT2D eigenvalue weighted by Crippen LogP contribution is -1.98. The zero-order valence-corrected chi connectivity index (χ0v) is 20.4. The number of benzene rings is 1. The second-order valence-electron chi connectivity index (χ2n) is 8.80. The molecule has 0 atom stereocenters. The Kier molecular flexibility index (Phi) is 10.9. The molecule has 0 saturated carbocycles. The summed E-state index contributed by atoms with van der Waals surface area (Å²) < 4.78 is 5.82. The van der Waals surface area contributed by atoms with E-state index in [0.717, 1.165) is 42.0 Å². The van der Waals surface area contributed by atoms with Gasteiger partial charge < -0.3 is 4.74 Å². The largest absolute Gasteiger partial charge is 0.492 e. The molecule has 3 aromatic rings. The standard InChI is InChI=1S/C29H39N3O/c1-3-5-7-9-10-12-20-33-27-18-19-28(30-23-27)29-31-21-26(22-32-29)25-16-14-24(15-17-25)13-11-8-6-4-2/h14-19,21-23H,3-13,20H2,1-2H3. The van der Waals surface area contributed by atoms with E-state index in [1.807, 2.05) is 24.5 Å². The van der Waals surface area contributed by atoms with Crippen molar-refractivity contribution in [3.63, 3.8) is 0 Å². The van der Waals surface area contributed by atoms with Gasteiger partial charge in [-0.05, 0) is 42.5 Å². The summed E-state index contributed by atoms with van der Waals surface area (Å²) in [5.41, 5.74) is 4.33.